The average molecular weight is 205 g/mol. The van der Waals surface area contributed by atoms with E-state index in [1.54, 1.807) is 0 Å². The highest BCUT2D eigenvalue weighted by molar-refractivity contribution is 5.53. The summed E-state index contributed by atoms with van der Waals surface area (Å²) in [6, 6.07) is 8.77. The van der Waals surface area contributed by atoms with Gasteiger partial charge in [-0.05, 0) is 30.7 Å². The molecule has 1 fully saturated rings. The SMILES string of the molecule is CCC1CN(c2ccc(N)cc2)CCN1. The molecular formula is C12H19N3. The molecule has 0 bridgehead atoms. The molecule has 1 unspecified atom stereocenters. The molecule has 0 radical (unpaired) electrons. The molecule has 0 saturated carbocycles. The molecule has 3 heteroatoms. The van der Waals surface area contributed by atoms with Gasteiger partial charge in [0, 0.05) is 37.1 Å². The van der Waals surface area contributed by atoms with Crippen LogP contribution in [0, 0.1) is 0 Å². The highest BCUT2D eigenvalue weighted by atomic mass is 15.2. The summed E-state index contributed by atoms with van der Waals surface area (Å²) < 4.78 is 0. The molecule has 1 aromatic rings. The van der Waals surface area contributed by atoms with Crippen LogP contribution < -0.4 is 16.0 Å². The van der Waals surface area contributed by atoms with Gasteiger partial charge < -0.3 is 16.0 Å². The van der Waals surface area contributed by atoms with Crippen molar-refractivity contribution in [3.63, 3.8) is 0 Å². The summed E-state index contributed by atoms with van der Waals surface area (Å²) in [6.45, 7) is 5.48. The van der Waals surface area contributed by atoms with Crippen LogP contribution in [0.1, 0.15) is 13.3 Å². The Morgan fingerprint density at radius 1 is 1.40 bits per heavy atom. The molecule has 0 amide bonds. The maximum absolute atomic E-state index is 5.68. The van der Waals surface area contributed by atoms with Crippen LogP contribution in [-0.2, 0) is 0 Å². The molecule has 0 aliphatic carbocycles. The lowest BCUT2D eigenvalue weighted by Gasteiger charge is -2.35. The first-order valence-electron chi connectivity index (χ1n) is 5.63. The molecule has 1 heterocycles. The first-order valence-corrected chi connectivity index (χ1v) is 5.63. The van der Waals surface area contributed by atoms with E-state index in [4.69, 9.17) is 5.73 Å². The summed E-state index contributed by atoms with van der Waals surface area (Å²) in [7, 11) is 0. The summed E-state index contributed by atoms with van der Waals surface area (Å²) in [5.41, 5.74) is 7.79. The van der Waals surface area contributed by atoms with Crippen molar-refractivity contribution in [1.29, 1.82) is 0 Å². The number of nitrogens with one attached hydrogen (secondary N) is 1. The Morgan fingerprint density at radius 2 is 2.13 bits per heavy atom. The van der Waals surface area contributed by atoms with Crippen molar-refractivity contribution < 1.29 is 0 Å². The molecule has 1 aromatic carbocycles. The van der Waals surface area contributed by atoms with Gasteiger partial charge in [-0.3, -0.25) is 0 Å². The minimum atomic E-state index is 0.622. The van der Waals surface area contributed by atoms with Crippen molar-refractivity contribution >= 4 is 11.4 Å². The lowest BCUT2D eigenvalue weighted by molar-refractivity contribution is 0.447. The Bertz CT molecular complexity index is 307. The topological polar surface area (TPSA) is 41.3 Å². The van der Waals surface area contributed by atoms with Crippen LogP contribution in [0.15, 0.2) is 24.3 Å². The van der Waals surface area contributed by atoms with Crippen molar-refractivity contribution in [2.24, 2.45) is 0 Å². The zero-order valence-electron chi connectivity index (χ0n) is 9.24. The van der Waals surface area contributed by atoms with Gasteiger partial charge in [-0.15, -0.1) is 0 Å². The lowest BCUT2D eigenvalue weighted by Crippen LogP contribution is -2.50. The van der Waals surface area contributed by atoms with Gasteiger partial charge in [0.25, 0.3) is 0 Å². The summed E-state index contributed by atoms with van der Waals surface area (Å²) in [6.07, 6.45) is 1.19. The third kappa shape index (κ3) is 2.42. The highest BCUT2D eigenvalue weighted by Gasteiger charge is 2.17. The predicted octanol–water partition coefficient (Wildman–Crippen LogP) is 1.46. The molecule has 0 spiro atoms. The Balaban J connectivity index is 2.06. The van der Waals surface area contributed by atoms with Crippen molar-refractivity contribution in [3.05, 3.63) is 24.3 Å². The van der Waals surface area contributed by atoms with Gasteiger partial charge in [-0.1, -0.05) is 6.92 Å². The smallest absolute Gasteiger partial charge is 0.0368 e. The number of nitrogens with zero attached hydrogens (tertiary/aromatic N) is 1. The van der Waals surface area contributed by atoms with E-state index in [-0.39, 0.29) is 0 Å². The van der Waals surface area contributed by atoms with E-state index in [0.29, 0.717) is 6.04 Å². The van der Waals surface area contributed by atoms with Gasteiger partial charge in [-0.2, -0.15) is 0 Å². The van der Waals surface area contributed by atoms with Gasteiger partial charge in [0.1, 0.15) is 0 Å². The van der Waals surface area contributed by atoms with Crippen LogP contribution in [0.2, 0.25) is 0 Å². The normalized spacial score (nSPS) is 21.7. The molecule has 3 N–H and O–H groups in total. The van der Waals surface area contributed by atoms with E-state index >= 15 is 0 Å². The molecule has 1 atom stereocenters. The van der Waals surface area contributed by atoms with Crippen LogP contribution in [0.25, 0.3) is 0 Å². The zero-order valence-corrected chi connectivity index (χ0v) is 9.24. The van der Waals surface area contributed by atoms with Crippen LogP contribution in [0.3, 0.4) is 0 Å². The molecule has 1 saturated heterocycles. The molecule has 1 aliphatic rings. The first-order chi connectivity index (χ1) is 7.29. The minimum Gasteiger partial charge on any atom is -0.399 e. The zero-order chi connectivity index (χ0) is 10.7. The third-order valence-electron chi connectivity index (χ3n) is 3.01. The van der Waals surface area contributed by atoms with Crippen LogP contribution in [-0.4, -0.2) is 25.7 Å². The van der Waals surface area contributed by atoms with E-state index in [2.05, 4.69) is 29.3 Å². The van der Waals surface area contributed by atoms with Crippen LogP contribution in [0.4, 0.5) is 11.4 Å². The van der Waals surface area contributed by atoms with Crippen molar-refractivity contribution in [3.8, 4) is 0 Å². The van der Waals surface area contributed by atoms with Gasteiger partial charge in [0.15, 0.2) is 0 Å². The first kappa shape index (κ1) is 10.3. The lowest BCUT2D eigenvalue weighted by atomic mass is 10.1. The molecule has 15 heavy (non-hydrogen) atoms. The summed E-state index contributed by atoms with van der Waals surface area (Å²) in [5.74, 6) is 0. The maximum Gasteiger partial charge on any atom is 0.0368 e. The fraction of sp³-hybridized carbons (Fsp3) is 0.500. The fourth-order valence-corrected chi connectivity index (χ4v) is 2.02. The second kappa shape index (κ2) is 4.53. The second-order valence-electron chi connectivity index (χ2n) is 4.10. The predicted molar refractivity (Wildman–Crippen MR) is 65.1 cm³/mol. The number of nitrogen functional groups attached to an aromatic ring is 1. The number of hydrogen-bond donors (Lipinski definition) is 2. The van der Waals surface area contributed by atoms with E-state index < -0.39 is 0 Å². The fourth-order valence-electron chi connectivity index (χ4n) is 2.02. The van der Waals surface area contributed by atoms with E-state index in [1.165, 1.54) is 12.1 Å². The monoisotopic (exact) mass is 205 g/mol. The van der Waals surface area contributed by atoms with Crippen LogP contribution >= 0.6 is 0 Å². The summed E-state index contributed by atoms with van der Waals surface area (Å²) >= 11 is 0. The number of hydrogen-bond acceptors (Lipinski definition) is 3. The van der Waals surface area contributed by atoms with E-state index in [0.717, 1.165) is 25.3 Å². The van der Waals surface area contributed by atoms with Crippen molar-refractivity contribution in [1.82, 2.24) is 5.32 Å². The van der Waals surface area contributed by atoms with Gasteiger partial charge in [-0.25, -0.2) is 0 Å². The molecule has 2 rings (SSSR count). The second-order valence-corrected chi connectivity index (χ2v) is 4.10. The highest BCUT2D eigenvalue weighted by Crippen LogP contribution is 2.18. The average Bonchev–Trinajstić information content (AvgIpc) is 2.30. The van der Waals surface area contributed by atoms with Gasteiger partial charge >= 0.3 is 0 Å². The molecule has 3 nitrogen and oxygen atoms in total. The Labute approximate surface area is 91.3 Å². The molecule has 82 valence electrons. The Morgan fingerprint density at radius 3 is 2.80 bits per heavy atom. The maximum atomic E-state index is 5.68. The number of nitrogens with two attached hydrogens (primary N) is 1. The Hall–Kier alpha value is -1.22. The number of piperazine rings is 1. The minimum absolute atomic E-state index is 0.622. The third-order valence-corrected chi connectivity index (χ3v) is 3.01. The van der Waals surface area contributed by atoms with Crippen LogP contribution in [0.5, 0.6) is 0 Å². The van der Waals surface area contributed by atoms with Crippen molar-refractivity contribution in [2.45, 2.75) is 19.4 Å². The quantitative estimate of drug-likeness (QED) is 0.718. The van der Waals surface area contributed by atoms with Crippen molar-refractivity contribution in [2.75, 3.05) is 30.3 Å². The van der Waals surface area contributed by atoms with E-state index in [1.807, 2.05) is 12.1 Å². The van der Waals surface area contributed by atoms with E-state index in [9.17, 15) is 0 Å². The summed E-state index contributed by atoms with van der Waals surface area (Å²) in [5, 5.41) is 3.51. The number of rotatable bonds is 2. The summed E-state index contributed by atoms with van der Waals surface area (Å²) in [4.78, 5) is 2.42. The number of anilines is 2. The molecule has 1 aliphatic heterocycles. The largest absolute Gasteiger partial charge is 0.399 e. The molecular weight excluding hydrogens is 186 g/mol. The van der Waals surface area contributed by atoms with Gasteiger partial charge in [0.05, 0.1) is 0 Å². The molecule has 0 aromatic heterocycles. The van der Waals surface area contributed by atoms with Gasteiger partial charge in [0.2, 0.25) is 0 Å². The number of benzene rings is 1. The standard InChI is InChI=1S/C12H19N3/c1-2-11-9-15(8-7-14-11)12-5-3-10(13)4-6-12/h3-6,11,14H,2,7-9,13H2,1H3. The Kier molecular flexibility index (Phi) is 3.11.